The maximum atomic E-state index is 12.2. The number of nitrogens with zero attached hydrogens (tertiary/aromatic N) is 1. The van der Waals surface area contributed by atoms with Gasteiger partial charge < -0.3 is 14.5 Å². The van der Waals surface area contributed by atoms with Crippen molar-refractivity contribution < 1.29 is 13.9 Å². The van der Waals surface area contributed by atoms with Crippen molar-refractivity contribution in [3.63, 3.8) is 0 Å². The molecule has 0 bridgehead atoms. The van der Waals surface area contributed by atoms with Gasteiger partial charge in [-0.25, -0.2) is 0 Å². The Morgan fingerprint density at radius 2 is 1.96 bits per heavy atom. The van der Waals surface area contributed by atoms with Crippen molar-refractivity contribution in [2.45, 2.75) is 45.1 Å². The van der Waals surface area contributed by atoms with E-state index < -0.39 is 0 Å². The third-order valence-electron chi connectivity index (χ3n) is 5.03. The maximum Gasteiger partial charge on any atom is 0.220 e. The number of likely N-dealkylation sites (tertiary alicyclic amines) is 1. The predicted molar refractivity (Wildman–Crippen MR) is 106 cm³/mol. The molecule has 3 rings (SSSR count). The molecule has 1 aliphatic heterocycles. The van der Waals surface area contributed by atoms with Crippen LogP contribution in [0, 0.1) is 6.92 Å². The number of amides is 1. The average molecular weight is 370 g/mol. The monoisotopic (exact) mass is 370 g/mol. The largest absolute Gasteiger partial charge is 0.494 e. The van der Waals surface area contributed by atoms with Crippen LogP contribution in [0.2, 0.25) is 0 Å². The van der Waals surface area contributed by atoms with Crippen LogP contribution in [0.3, 0.4) is 0 Å². The second-order valence-corrected chi connectivity index (χ2v) is 7.20. The van der Waals surface area contributed by atoms with Gasteiger partial charge in [-0.1, -0.05) is 24.1 Å². The predicted octanol–water partition coefficient (Wildman–Crippen LogP) is 4.09. The molecule has 1 aromatic heterocycles. The van der Waals surface area contributed by atoms with Gasteiger partial charge in [0, 0.05) is 13.0 Å². The van der Waals surface area contributed by atoms with Crippen LogP contribution >= 0.6 is 0 Å². The van der Waals surface area contributed by atoms with E-state index in [4.69, 9.17) is 9.15 Å². The molecule has 1 unspecified atom stereocenters. The minimum atomic E-state index is 0.0658. The first kappa shape index (κ1) is 19.5. The number of rotatable bonds is 9. The van der Waals surface area contributed by atoms with Crippen molar-refractivity contribution in [3.05, 3.63) is 54.0 Å². The molecule has 5 heteroatoms. The summed E-state index contributed by atoms with van der Waals surface area (Å²) in [6, 6.07) is 12.0. The van der Waals surface area contributed by atoms with E-state index >= 15 is 0 Å². The molecule has 0 radical (unpaired) electrons. The third-order valence-corrected chi connectivity index (χ3v) is 5.03. The van der Waals surface area contributed by atoms with Gasteiger partial charge in [-0.15, -0.1) is 0 Å². The molecule has 2 heterocycles. The highest BCUT2D eigenvalue weighted by molar-refractivity contribution is 5.75. The molecule has 2 aromatic rings. The smallest absolute Gasteiger partial charge is 0.220 e. The Labute approximate surface area is 161 Å². The van der Waals surface area contributed by atoms with E-state index in [1.807, 2.05) is 43.3 Å². The second-order valence-electron chi connectivity index (χ2n) is 7.20. The van der Waals surface area contributed by atoms with Gasteiger partial charge >= 0.3 is 0 Å². The minimum Gasteiger partial charge on any atom is -0.494 e. The standard InChI is InChI=1S/C22H30N2O3/c1-18-9-11-19(12-10-18)26-15-6-8-22(25)23-17-20(21-7-5-16-27-21)24-13-3-2-4-14-24/h5,7,9-12,16,20H,2-4,6,8,13-15,17H2,1H3,(H,23,25). The van der Waals surface area contributed by atoms with Crippen LogP contribution < -0.4 is 10.1 Å². The number of benzene rings is 1. The number of nitrogens with one attached hydrogen (secondary N) is 1. The van der Waals surface area contributed by atoms with Gasteiger partial charge in [-0.3, -0.25) is 9.69 Å². The molecule has 5 nitrogen and oxygen atoms in total. The molecule has 1 amide bonds. The van der Waals surface area contributed by atoms with Crippen molar-refractivity contribution in [1.29, 1.82) is 0 Å². The van der Waals surface area contributed by atoms with Gasteiger partial charge in [-0.05, 0) is 63.5 Å². The number of carbonyl (C=O) groups is 1. The number of furan rings is 1. The molecule has 1 aromatic carbocycles. The topological polar surface area (TPSA) is 54.7 Å². The van der Waals surface area contributed by atoms with Crippen LogP contribution in [0.15, 0.2) is 47.1 Å². The quantitative estimate of drug-likeness (QED) is 0.676. The molecule has 146 valence electrons. The molecule has 0 aliphatic carbocycles. The highest BCUT2D eigenvalue weighted by atomic mass is 16.5. The lowest BCUT2D eigenvalue weighted by Crippen LogP contribution is -2.40. The van der Waals surface area contributed by atoms with Crippen molar-refractivity contribution in [2.24, 2.45) is 0 Å². The van der Waals surface area contributed by atoms with Crippen LogP contribution in [0.1, 0.15) is 49.5 Å². The zero-order valence-electron chi connectivity index (χ0n) is 16.2. The number of ether oxygens (including phenoxy) is 1. The van der Waals surface area contributed by atoms with Gasteiger partial charge in [0.25, 0.3) is 0 Å². The summed E-state index contributed by atoms with van der Waals surface area (Å²) in [6.45, 7) is 5.31. The minimum absolute atomic E-state index is 0.0658. The summed E-state index contributed by atoms with van der Waals surface area (Å²) in [6.07, 6.45) is 6.58. The summed E-state index contributed by atoms with van der Waals surface area (Å²) >= 11 is 0. The number of hydrogen-bond donors (Lipinski definition) is 1. The van der Waals surface area contributed by atoms with Crippen molar-refractivity contribution in [3.8, 4) is 5.75 Å². The van der Waals surface area contributed by atoms with Crippen LogP contribution in [0.25, 0.3) is 0 Å². The van der Waals surface area contributed by atoms with Crippen LogP contribution in [-0.2, 0) is 4.79 Å². The van der Waals surface area contributed by atoms with E-state index in [0.29, 0.717) is 26.0 Å². The molecular weight excluding hydrogens is 340 g/mol. The van der Waals surface area contributed by atoms with Crippen LogP contribution in [-0.4, -0.2) is 37.0 Å². The normalized spacial score (nSPS) is 16.0. The van der Waals surface area contributed by atoms with E-state index in [1.165, 1.54) is 24.8 Å². The zero-order chi connectivity index (χ0) is 18.9. The van der Waals surface area contributed by atoms with E-state index in [1.54, 1.807) is 6.26 Å². The van der Waals surface area contributed by atoms with Crippen LogP contribution in [0.4, 0.5) is 0 Å². The van der Waals surface area contributed by atoms with E-state index in [-0.39, 0.29) is 11.9 Å². The highest BCUT2D eigenvalue weighted by Crippen LogP contribution is 2.24. The second kappa shape index (κ2) is 10.2. The van der Waals surface area contributed by atoms with Crippen molar-refractivity contribution >= 4 is 5.91 Å². The summed E-state index contributed by atoms with van der Waals surface area (Å²) in [5.41, 5.74) is 1.21. The fourth-order valence-electron chi connectivity index (χ4n) is 3.48. The first-order chi connectivity index (χ1) is 13.2. The zero-order valence-corrected chi connectivity index (χ0v) is 16.2. The summed E-state index contributed by atoms with van der Waals surface area (Å²) in [4.78, 5) is 14.7. The number of carbonyl (C=O) groups excluding carboxylic acids is 1. The Morgan fingerprint density at radius 3 is 2.67 bits per heavy atom. The molecule has 0 spiro atoms. The molecular formula is C22H30N2O3. The molecule has 0 saturated carbocycles. The number of piperidine rings is 1. The van der Waals surface area contributed by atoms with Gasteiger partial charge in [0.1, 0.15) is 11.5 Å². The average Bonchev–Trinajstić information content (AvgIpc) is 3.22. The van der Waals surface area contributed by atoms with Gasteiger partial charge in [-0.2, -0.15) is 0 Å². The Bertz CT molecular complexity index is 676. The lowest BCUT2D eigenvalue weighted by atomic mass is 10.1. The van der Waals surface area contributed by atoms with Gasteiger partial charge in [0.2, 0.25) is 5.91 Å². The maximum absolute atomic E-state index is 12.2. The lowest BCUT2D eigenvalue weighted by molar-refractivity contribution is -0.121. The van der Waals surface area contributed by atoms with Crippen molar-refractivity contribution in [1.82, 2.24) is 10.2 Å². The Hall–Kier alpha value is -2.27. The third kappa shape index (κ3) is 6.14. The first-order valence-electron chi connectivity index (χ1n) is 9.96. The van der Waals surface area contributed by atoms with Crippen molar-refractivity contribution in [2.75, 3.05) is 26.2 Å². The Morgan fingerprint density at radius 1 is 1.19 bits per heavy atom. The number of hydrogen-bond acceptors (Lipinski definition) is 4. The van der Waals surface area contributed by atoms with E-state index in [0.717, 1.165) is 24.6 Å². The summed E-state index contributed by atoms with van der Waals surface area (Å²) in [5, 5.41) is 3.08. The van der Waals surface area contributed by atoms with Crippen LogP contribution in [0.5, 0.6) is 5.75 Å². The van der Waals surface area contributed by atoms with Gasteiger partial charge in [0.15, 0.2) is 0 Å². The molecule has 1 aliphatic rings. The van der Waals surface area contributed by atoms with Gasteiger partial charge in [0.05, 0.1) is 18.9 Å². The molecule has 1 fully saturated rings. The summed E-state index contributed by atoms with van der Waals surface area (Å²) in [5.74, 6) is 1.85. The molecule has 27 heavy (non-hydrogen) atoms. The first-order valence-corrected chi connectivity index (χ1v) is 9.96. The van der Waals surface area contributed by atoms with E-state index in [9.17, 15) is 4.79 Å². The number of aryl methyl sites for hydroxylation is 1. The summed E-state index contributed by atoms with van der Waals surface area (Å²) in [7, 11) is 0. The fourth-order valence-corrected chi connectivity index (χ4v) is 3.48. The molecule has 1 saturated heterocycles. The SMILES string of the molecule is Cc1ccc(OCCCC(=O)NCC(c2ccco2)N2CCCCC2)cc1. The Kier molecular flexibility index (Phi) is 7.34. The summed E-state index contributed by atoms with van der Waals surface area (Å²) < 4.78 is 11.3. The Balaban J connectivity index is 1.40. The fraction of sp³-hybridized carbons (Fsp3) is 0.500. The molecule has 1 N–H and O–H groups in total. The molecule has 1 atom stereocenters. The lowest BCUT2D eigenvalue weighted by Gasteiger charge is -2.33. The highest BCUT2D eigenvalue weighted by Gasteiger charge is 2.24. The van der Waals surface area contributed by atoms with E-state index in [2.05, 4.69) is 10.2 Å².